The van der Waals surface area contributed by atoms with Gasteiger partial charge in [-0.25, -0.2) is 0 Å². The van der Waals surface area contributed by atoms with Crippen molar-refractivity contribution in [3.05, 3.63) is 53.4 Å². The number of carbonyl (C=O) groups is 2. The molecule has 0 saturated carbocycles. The van der Waals surface area contributed by atoms with Crippen LogP contribution in [-0.4, -0.2) is 17.9 Å². The Bertz CT molecular complexity index is 636. The SMILES string of the molecule is CC(C)C(NC(=O)c1ccco1)C(=O)Nc1ccc(Cl)cc1. The van der Waals surface area contributed by atoms with E-state index in [2.05, 4.69) is 10.6 Å². The number of benzene rings is 1. The van der Waals surface area contributed by atoms with Crippen LogP contribution in [0.1, 0.15) is 24.4 Å². The van der Waals surface area contributed by atoms with Crippen LogP contribution in [-0.2, 0) is 4.79 Å². The predicted octanol–water partition coefficient (Wildman–Crippen LogP) is 3.33. The molecule has 22 heavy (non-hydrogen) atoms. The molecule has 1 aromatic carbocycles. The largest absolute Gasteiger partial charge is 0.459 e. The number of furan rings is 1. The molecule has 1 unspecified atom stereocenters. The number of hydrogen-bond acceptors (Lipinski definition) is 3. The van der Waals surface area contributed by atoms with Crippen LogP contribution in [0.4, 0.5) is 5.69 Å². The van der Waals surface area contributed by atoms with Gasteiger partial charge in [-0.3, -0.25) is 9.59 Å². The van der Waals surface area contributed by atoms with Crippen LogP contribution in [0.25, 0.3) is 0 Å². The second-order valence-corrected chi connectivity index (χ2v) is 5.61. The molecule has 116 valence electrons. The maximum Gasteiger partial charge on any atom is 0.287 e. The van der Waals surface area contributed by atoms with Gasteiger partial charge >= 0.3 is 0 Å². The van der Waals surface area contributed by atoms with Crippen LogP contribution in [0.2, 0.25) is 5.02 Å². The van der Waals surface area contributed by atoms with E-state index in [-0.39, 0.29) is 17.6 Å². The highest BCUT2D eigenvalue weighted by molar-refractivity contribution is 6.30. The molecule has 0 aliphatic heterocycles. The highest BCUT2D eigenvalue weighted by Crippen LogP contribution is 2.15. The highest BCUT2D eigenvalue weighted by Gasteiger charge is 2.25. The number of carbonyl (C=O) groups excluding carboxylic acids is 2. The van der Waals surface area contributed by atoms with Gasteiger partial charge in [0.25, 0.3) is 5.91 Å². The lowest BCUT2D eigenvalue weighted by Gasteiger charge is -2.21. The topological polar surface area (TPSA) is 71.3 Å². The summed E-state index contributed by atoms with van der Waals surface area (Å²) in [7, 11) is 0. The molecule has 1 atom stereocenters. The number of halogens is 1. The first-order valence-electron chi connectivity index (χ1n) is 6.88. The minimum Gasteiger partial charge on any atom is -0.459 e. The van der Waals surface area contributed by atoms with Crippen molar-refractivity contribution in [2.45, 2.75) is 19.9 Å². The molecular weight excluding hydrogens is 304 g/mol. The number of nitrogens with one attached hydrogen (secondary N) is 2. The standard InChI is InChI=1S/C16H17ClN2O3/c1-10(2)14(19-15(20)13-4-3-9-22-13)16(21)18-12-7-5-11(17)6-8-12/h3-10,14H,1-2H3,(H,18,21)(H,19,20). The van der Waals surface area contributed by atoms with E-state index in [1.54, 1.807) is 36.4 Å². The van der Waals surface area contributed by atoms with E-state index in [9.17, 15) is 9.59 Å². The van der Waals surface area contributed by atoms with Crippen LogP contribution in [0.3, 0.4) is 0 Å². The fourth-order valence-corrected chi connectivity index (χ4v) is 2.03. The monoisotopic (exact) mass is 320 g/mol. The number of anilines is 1. The average molecular weight is 321 g/mol. The van der Waals surface area contributed by atoms with Crippen molar-refractivity contribution in [1.82, 2.24) is 5.32 Å². The fraction of sp³-hybridized carbons (Fsp3) is 0.250. The number of rotatable bonds is 5. The Labute approximate surface area is 133 Å². The Morgan fingerprint density at radius 3 is 2.36 bits per heavy atom. The fourth-order valence-electron chi connectivity index (χ4n) is 1.91. The second-order valence-electron chi connectivity index (χ2n) is 5.17. The van der Waals surface area contributed by atoms with Crippen molar-refractivity contribution >= 4 is 29.1 Å². The van der Waals surface area contributed by atoms with Crippen molar-refractivity contribution < 1.29 is 14.0 Å². The van der Waals surface area contributed by atoms with Crippen LogP contribution in [0.15, 0.2) is 47.1 Å². The summed E-state index contributed by atoms with van der Waals surface area (Å²) in [6.07, 6.45) is 1.41. The van der Waals surface area contributed by atoms with Gasteiger partial charge < -0.3 is 15.1 Å². The van der Waals surface area contributed by atoms with Crippen LogP contribution in [0.5, 0.6) is 0 Å². The Balaban J connectivity index is 2.05. The van der Waals surface area contributed by atoms with Gasteiger partial charge in [0.2, 0.25) is 5.91 Å². The van der Waals surface area contributed by atoms with Crippen molar-refractivity contribution in [3.63, 3.8) is 0 Å². The van der Waals surface area contributed by atoms with Gasteiger partial charge in [-0.05, 0) is 42.3 Å². The average Bonchev–Trinajstić information content (AvgIpc) is 3.00. The molecule has 1 aromatic heterocycles. The van der Waals surface area contributed by atoms with Crippen molar-refractivity contribution in [1.29, 1.82) is 0 Å². The number of amides is 2. The third kappa shape index (κ3) is 4.11. The number of hydrogen-bond donors (Lipinski definition) is 2. The smallest absolute Gasteiger partial charge is 0.287 e. The Morgan fingerprint density at radius 1 is 1.14 bits per heavy atom. The molecule has 0 aliphatic rings. The van der Waals surface area contributed by atoms with Crippen LogP contribution >= 0.6 is 11.6 Å². The predicted molar refractivity (Wildman–Crippen MR) is 84.9 cm³/mol. The molecule has 0 bridgehead atoms. The van der Waals surface area contributed by atoms with Gasteiger partial charge in [-0.1, -0.05) is 25.4 Å². The Kier molecular flexibility index (Phi) is 5.22. The van der Waals surface area contributed by atoms with E-state index >= 15 is 0 Å². The van der Waals surface area contributed by atoms with Crippen molar-refractivity contribution in [2.75, 3.05) is 5.32 Å². The lowest BCUT2D eigenvalue weighted by Crippen LogP contribution is -2.47. The van der Waals surface area contributed by atoms with Crippen molar-refractivity contribution in [3.8, 4) is 0 Å². The van der Waals surface area contributed by atoms with Gasteiger partial charge in [-0.2, -0.15) is 0 Å². The Hall–Kier alpha value is -2.27. The Morgan fingerprint density at radius 2 is 1.82 bits per heavy atom. The summed E-state index contributed by atoms with van der Waals surface area (Å²) >= 11 is 5.81. The molecule has 0 saturated heterocycles. The van der Waals surface area contributed by atoms with Crippen LogP contribution in [0, 0.1) is 5.92 Å². The van der Waals surface area contributed by atoms with Gasteiger partial charge in [0.15, 0.2) is 5.76 Å². The molecule has 5 nitrogen and oxygen atoms in total. The van der Waals surface area contributed by atoms with Crippen LogP contribution < -0.4 is 10.6 Å². The minimum atomic E-state index is -0.673. The zero-order chi connectivity index (χ0) is 16.1. The van der Waals surface area contributed by atoms with Gasteiger partial charge in [0.05, 0.1) is 6.26 Å². The van der Waals surface area contributed by atoms with Gasteiger partial charge in [-0.15, -0.1) is 0 Å². The summed E-state index contributed by atoms with van der Waals surface area (Å²) in [5.74, 6) is -0.622. The summed E-state index contributed by atoms with van der Waals surface area (Å²) in [5.41, 5.74) is 0.618. The van der Waals surface area contributed by atoms with Crippen molar-refractivity contribution in [2.24, 2.45) is 5.92 Å². The van der Waals surface area contributed by atoms with Gasteiger partial charge in [0, 0.05) is 10.7 Å². The first kappa shape index (κ1) is 16.1. The minimum absolute atomic E-state index is 0.0776. The molecule has 0 aliphatic carbocycles. The maximum absolute atomic E-state index is 12.4. The lowest BCUT2D eigenvalue weighted by molar-refractivity contribution is -0.118. The molecule has 2 aromatic rings. The van der Waals surface area contributed by atoms with E-state index in [4.69, 9.17) is 16.0 Å². The van der Waals surface area contributed by atoms with E-state index in [1.807, 2.05) is 13.8 Å². The summed E-state index contributed by atoms with van der Waals surface area (Å²) in [6, 6.07) is 9.26. The molecule has 6 heteroatoms. The molecule has 2 rings (SSSR count). The summed E-state index contributed by atoms with van der Waals surface area (Å²) in [4.78, 5) is 24.4. The third-order valence-corrected chi connectivity index (χ3v) is 3.34. The summed E-state index contributed by atoms with van der Waals surface area (Å²) in [6.45, 7) is 3.71. The highest BCUT2D eigenvalue weighted by atomic mass is 35.5. The summed E-state index contributed by atoms with van der Waals surface area (Å²) in [5, 5.41) is 6.03. The first-order valence-corrected chi connectivity index (χ1v) is 7.26. The maximum atomic E-state index is 12.4. The normalized spacial score (nSPS) is 12.0. The van der Waals surface area contributed by atoms with E-state index in [0.29, 0.717) is 10.7 Å². The van der Waals surface area contributed by atoms with Gasteiger partial charge in [0.1, 0.15) is 6.04 Å². The zero-order valence-corrected chi connectivity index (χ0v) is 13.1. The zero-order valence-electron chi connectivity index (χ0n) is 12.3. The van der Waals surface area contributed by atoms with E-state index in [1.165, 1.54) is 6.26 Å². The summed E-state index contributed by atoms with van der Waals surface area (Å²) < 4.78 is 5.03. The lowest BCUT2D eigenvalue weighted by atomic mass is 10.0. The molecule has 0 fully saturated rings. The molecule has 2 amide bonds. The molecule has 0 spiro atoms. The first-order chi connectivity index (χ1) is 10.5. The van der Waals surface area contributed by atoms with E-state index in [0.717, 1.165) is 0 Å². The molecule has 0 radical (unpaired) electrons. The second kappa shape index (κ2) is 7.13. The molecule has 1 heterocycles. The third-order valence-electron chi connectivity index (χ3n) is 3.09. The molecule has 2 N–H and O–H groups in total. The quantitative estimate of drug-likeness (QED) is 0.887. The van der Waals surface area contributed by atoms with E-state index < -0.39 is 11.9 Å². The molecular formula is C16H17ClN2O3.